The van der Waals surface area contributed by atoms with Crippen molar-refractivity contribution in [2.75, 3.05) is 44.2 Å². The SMILES string of the molecule is CCN1CCN(c2cc(C(=O)NCC(C)C)ncn2)CC1. The molecule has 1 aliphatic rings. The Morgan fingerprint density at radius 1 is 1.29 bits per heavy atom. The lowest BCUT2D eigenvalue weighted by Gasteiger charge is -2.34. The number of amides is 1. The van der Waals surface area contributed by atoms with Crippen LogP contribution in [-0.2, 0) is 0 Å². The number of rotatable bonds is 5. The van der Waals surface area contributed by atoms with E-state index in [2.05, 4.69) is 45.9 Å². The summed E-state index contributed by atoms with van der Waals surface area (Å²) in [5.41, 5.74) is 0.443. The molecule has 1 amide bonds. The lowest BCUT2D eigenvalue weighted by atomic mass is 10.2. The Balaban J connectivity index is 1.99. The fourth-order valence-electron chi connectivity index (χ4n) is 2.32. The summed E-state index contributed by atoms with van der Waals surface area (Å²) in [6.45, 7) is 12.0. The van der Waals surface area contributed by atoms with Crippen LogP contribution in [-0.4, -0.2) is 60.0 Å². The maximum absolute atomic E-state index is 12.1. The molecule has 21 heavy (non-hydrogen) atoms. The van der Waals surface area contributed by atoms with Gasteiger partial charge < -0.3 is 15.1 Å². The van der Waals surface area contributed by atoms with Gasteiger partial charge in [0.15, 0.2) is 0 Å². The molecule has 0 bridgehead atoms. The third-order valence-electron chi connectivity index (χ3n) is 3.70. The number of aromatic nitrogens is 2. The van der Waals surface area contributed by atoms with Crippen LogP contribution in [0, 0.1) is 5.92 Å². The zero-order valence-corrected chi connectivity index (χ0v) is 13.2. The Hall–Kier alpha value is -1.69. The number of piperazine rings is 1. The minimum Gasteiger partial charge on any atom is -0.354 e. The van der Waals surface area contributed by atoms with Crippen LogP contribution in [0.25, 0.3) is 0 Å². The van der Waals surface area contributed by atoms with Gasteiger partial charge in [-0.2, -0.15) is 0 Å². The van der Waals surface area contributed by atoms with Crippen LogP contribution in [0.15, 0.2) is 12.4 Å². The Morgan fingerprint density at radius 3 is 2.62 bits per heavy atom. The van der Waals surface area contributed by atoms with Gasteiger partial charge in [0, 0.05) is 38.8 Å². The van der Waals surface area contributed by atoms with Crippen molar-refractivity contribution in [1.29, 1.82) is 0 Å². The van der Waals surface area contributed by atoms with E-state index in [1.165, 1.54) is 6.33 Å². The monoisotopic (exact) mass is 291 g/mol. The molecule has 1 aromatic heterocycles. The molecule has 2 heterocycles. The molecule has 0 aromatic carbocycles. The number of anilines is 1. The van der Waals surface area contributed by atoms with E-state index in [1.807, 2.05) is 0 Å². The molecule has 6 nitrogen and oxygen atoms in total. The van der Waals surface area contributed by atoms with Crippen LogP contribution >= 0.6 is 0 Å². The number of hydrogen-bond acceptors (Lipinski definition) is 5. The quantitative estimate of drug-likeness (QED) is 0.877. The summed E-state index contributed by atoms with van der Waals surface area (Å²) in [5, 5.41) is 2.89. The van der Waals surface area contributed by atoms with Gasteiger partial charge in [-0.15, -0.1) is 0 Å². The third-order valence-corrected chi connectivity index (χ3v) is 3.70. The van der Waals surface area contributed by atoms with E-state index in [1.54, 1.807) is 6.07 Å². The largest absolute Gasteiger partial charge is 0.354 e. The first-order valence-electron chi connectivity index (χ1n) is 7.67. The van der Waals surface area contributed by atoms with Crippen molar-refractivity contribution in [2.24, 2.45) is 5.92 Å². The molecule has 1 aliphatic heterocycles. The molecule has 116 valence electrons. The van der Waals surface area contributed by atoms with E-state index in [0.717, 1.165) is 38.5 Å². The molecule has 1 aromatic rings. The van der Waals surface area contributed by atoms with Crippen molar-refractivity contribution in [3.63, 3.8) is 0 Å². The minimum atomic E-state index is -0.125. The van der Waals surface area contributed by atoms with E-state index in [-0.39, 0.29) is 5.91 Å². The van der Waals surface area contributed by atoms with Gasteiger partial charge in [0.1, 0.15) is 17.8 Å². The zero-order chi connectivity index (χ0) is 15.2. The molecule has 0 saturated carbocycles. The van der Waals surface area contributed by atoms with E-state index < -0.39 is 0 Å². The van der Waals surface area contributed by atoms with Crippen molar-refractivity contribution in [3.05, 3.63) is 18.1 Å². The summed E-state index contributed by atoms with van der Waals surface area (Å²) in [6.07, 6.45) is 1.48. The predicted molar refractivity (Wildman–Crippen MR) is 83.5 cm³/mol. The molecule has 0 aliphatic carbocycles. The molecule has 2 rings (SSSR count). The highest BCUT2D eigenvalue weighted by Crippen LogP contribution is 2.13. The molecule has 6 heteroatoms. The highest BCUT2D eigenvalue weighted by atomic mass is 16.1. The van der Waals surface area contributed by atoms with Crippen LogP contribution in [0.5, 0.6) is 0 Å². The lowest BCUT2D eigenvalue weighted by Crippen LogP contribution is -2.46. The van der Waals surface area contributed by atoms with Crippen LogP contribution in [0.4, 0.5) is 5.82 Å². The summed E-state index contributed by atoms with van der Waals surface area (Å²) >= 11 is 0. The first-order valence-corrected chi connectivity index (χ1v) is 7.67. The second-order valence-electron chi connectivity index (χ2n) is 5.79. The normalized spacial score (nSPS) is 16.3. The topological polar surface area (TPSA) is 61.4 Å². The first kappa shape index (κ1) is 15.7. The average molecular weight is 291 g/mol. The molecule has 0 radical (unpaired) electrons. The highest BCUT2D eigenvalue weighted by molar-refractivity contribution is 5.92. The predicted octanol–water partition coefficient (Wildman–Crippen LogP) is 1.00. The Morgan fingerprint density at radius 2 is 2.00 bits per heavy atom. The van der Waals surface area contributed by atoms with Gasteiger partial charge in [0.25, 0.3) is 5.91 Å². The molecule has 0 spiro atoms. The Labute approximate surface area is 126 Å². The standard InChI is InChI=1S/C15H25N5O/c1-4-19-5-7-20(8-6-19)14-9-13(17-11-18-14)15(21)16-10-12(2)3/h9,11-12H,4-8,10H2,1-3H3,(H,16,21). The average Bonchev–Trinajstić information content (AvgIpc) is 2.52. The van der Waals surface area contributed by atoms with Crippen molar-refractivity contribution < 1.29 is 4.79 Å². The van der Waals surface area contributed by atoms with Crippen molar-refractivity contribution in [1.82, 2.24) is 20.2 Å². The fourth-order valence-corrected chi connectivity index (χ4v) is 2.32. The molecule has 1 saturated heterocycles. The maximum atomic E-state index is 12.1. The number of hydrogen-bond donors (Lipinski definition) is 1. The van der Waals surface area contributed by atoms with Gasteiger partial charge in [-0.3, -0.25) is 4.79 Å². The molecule has 1 N–H and O–H groups in total. The Bertz CT molecular complexity index is 469. The van der Waals surface area contributed by atoms with Crippen molar-refractivity contribution in [3.8, 4) is 0 Å². The minimum absolute atomic E-state index is 0.125. The summed E-state index contributed by atoms with van der Waals surface area (Å²) in [4.78, 5) is 25.1. The zero-order valence-electron chi connectivity index (χ0n) is 13.2. The van der Waals surface area contributed by atoms with E-state index in [9.17, 15) is 4.79 Å². The number of carbonyl (C=O) groups is 1. The van der Waals surface area contributed by atoms with Crippen LogP contribution in [0.2, 0.25) is 0 Å². The summed E-state index contributed by atoms with van der Waals surface area (Å²) in [5.74, 6) is 1.15. The smallest absolute Gasteiger partial charge is 0.270 e. The van der Waals surface area contributed by atoms with Crippen LogP contribution in [0.3, 0.4) is 0 Å². The van der Waals surface area contributed by atoms with Gasteiger partial charge in [-0.1, -0.05) is 20.8 Å². The van der Waals surface area contributed by atoms with E-state index >= 15 is 0 Å². The highest BCUT2D eigenvalue weighted by Gasteiger charge is 2.18. The van der Waals surface area contributed by atoms with Gasteiger partial charge in [0.2, 0.25) is 0 Å². The molecular weight excluding hydrogens is 266 g/mol. The van der Waals surface area contributed by atoms with E-state index in [4.69, 9.17) is 0 Å². The number of nitrogens with zero attached hydrogens (tertiary/aromatic N) is 4. The molecule has 0 atom stereocenters. The third kappa shape index (κ3) is 4.39. The first-order chi connectivity index (χ1) is 10.1. The summed E-state index contributed by atoms with van der Waals surface area (Å²) in [6, 6.07) is 1.79. The van der Waals surface area contributed by atoms with Crippen LogP contribution < -0.4 is 10.2 Å². The fraction of sp³-hybridized carbons (Fsp3) is 0.667. The number of likely N-dealkylation sites (N-methyl/N-ethyl adjacent to an activating group) is 1. The van der Waals surface area contributed by atoms with Gasteiger partial charge in [0.05, 0.1) is 0 Å². The Kier molecular flexibility index (Phi) is 5.50. The summed E-state index contributed by atoms with van der Waals surface area (Å²) < 4.78 is 0. The lowest BCUT2D eigenvalue weighted by molar-refractivity contribution is 0.0944. The van der Waals surface area contributed by atoms with Crippen molar-refractivity contribution in [2.45, 2.75) is 20.8 Å². The maximum Gasteiger partial charge on any atom is 0.270 e. The molecular formula is C15H25N5O. The number of nitrogens with one attached hydrogen (secondary N) is 1. The van der Waals surface area contributed by atoms with Crippen LogP contribution in [0.1, 0.15) is 31.3 Å². The van der Waals surface area contributed by atoms with Gasteiger partial charge in [-0.25, -0.2) is 9.97 Å². The van der Waals surface area contributed by atoms with Gasteiger partial charge in [-0.05, 0) is 12.5 Å². The van der Waals surface area contributed by atoms with Gasteiger partial charge >= 0.3 is 0 Å². The second kappa shape index (κ2) is 7.36. The molecule has 1 fully saturated rings. The number of carbonyl (C=O) groups excluding carboxylic acids is 1. The second-order valence-corrected chi connectivity index (χ2v) is 5.79. The molecule has 0 unspecified atom stereocenters. The van der Waals surface area contributed by atoms with E-state index in [0.29, 0.717) is 18.2 Å². The summed E-state index contributed by atoms with van der Waals surface area (Å²) in [7, 11) is 0. The van der Waals surface area contributed by atoms with Crippen molar-refractivity contribution >= 4 is 11.7 Å².